The predicted octanol–water partition coefficient (Wildman–Crippen LogP) is 3.90. The van der Waals surface area contributed by atoms with E-state index in [4.69, 9.17) is 9.47 Å². The van der Waals surface area contributed by atoms with Crippen molar-refractivity contribution in [2.75, 3.05) is 24.6 Å². The molecular formula is C24H30N2O5S. The van der Waals surface area contributed by atoms with Crippen LogP contribution in [0.2, 0.25) is 0 Å². The Kier molecular flexibility index (Phi) is 6.60. The number of anilines is 1. The maximum absolute atomic E-state index is 12.7. The lowest BCUT2D eigenvalue weighted by Gasteiger charge is -2.19. The van der Waals surface area contributed by atoms with Crippen molar-refractivity contribution in [3.05, 3.63) is 53.6 Å². The van der Waals surface area contributed by atoms with Crippen molar-refractivity contribution in [2.45, 2.75) is 50.7 Å². The van der Waals surface area contributed by atoms with Crippen LogP contribution in [-0.2, 0) is 21.4 Å². The molecule has 172 valence electrons. The second-order valence-electron chi connectivity index (χ2n) is 8.68. The van der Waals surface area contributed by atoms with E-state index in [2.05, 4.69) is 4.72 Å². The molecule has 1 unspecified atom stereocenters. The molecule has 2 aromatic carbocycles. The second kappa shape index (κ2) is 9.40. The predicted molar refractivity (Wildman–Crippen MR) is 124 cm³/mol. The molecule has 2 fully saturated rings. The van der Waals surface area contributed by atoms with Crippen molar-refractivity contribution in [1.29, 1.82) is 0 Å². The number of sulfonamides is 1. The maximum Gasteiger partial charge on any atom is 0.229 e. The Labute approximate surface area is 189 Å². The average Bonchev–Trinajstić information content (AvgIpc) is 3.38. The third-order valence-electron chi connectivity index (χ3n) is 6.10. The zero-order valence-electron chi connectivity index (χ0n) is 18.5. The molecule has 1 aliphatic heterocycles. The molecule has 7 nitrogen and oxygen atoms in total. The van der Waals surface area contributed by atoms with E-state index in [0.29, 0.717) is 25.2 Å². The Hall–Kier alpha value is -2.74. The molecule has 0 aromatic heterocycles. The highest BCUT2D eigenvalue weighted by Gasteiger charge is 2.31. The zero-order chi connectivity index (χ0) is 22.7. The fraction of sp³-hybridized carbons (Fsp3) is 0.458. The summed E-state index contributed by atoms with van der Waals surface area (Å²) in [4.78, 5) is 14.5. The van der Waals surface area contributed by atoms with E-state index < -0.39 is 10.0 Å². The summed E-state index contributed by atoms with van der Waals surface area (Å²) in [7, 11) is -1.66. The third-order valence-corrected chi connectivity index (χ3v) is 6.71. The van der Waals surface area contributed by atoms with Crippen LogP contribution in [0.3, 0.4) is 0 Å². The smallest absolute Gasteiger partial charge is 0.229 e. The topological polar surface area (TPSA) is 84.9 Å². The lowest BCUT2D eigenvalue weighted by molar-refractivity contribution is -0.128. The van der Waals surface area contributed by atoms with Crippen molar-refractivity contribution in [1.82, 2.24) is 4.90 Å². The zero-order valence-corrected chi connectivity index (χ0v) is 19.4. The number of ether oxygens (including phenoxy) is 2. The third kappa shape index (κ3) is 5.54. The molecule has 1 saturated carbocycles. The van der Waals surface area contributed by atoms with E-state index in [1.165, 1.54) is 12.8 Å². The minimum atomic E-state index is -3.31. The number of carbonyl (C=O) groups is 1. The Bertz CT molecular complexity index is 1060. The quantitative estimate of drug-likeness (QED) is 0.648. The van der Waals surface area contributed by atoms with E-state index in [1.54, 1.807) is 19.2 Å². The van der Waals surface area contributed by atoms with Gasteiger partial charge in [-0.3, -0.25) is 9.52 Å². The fourth-order valence-corrected chi connectivity index (χ4v) is 5.05. The van der Waals surface area contributed by atoms with Crippen LogP contribution in [0, 0.1) is 0 Å². The van der Waals surface area contributed by atoms with Gasteiger partial charge in [-0.25, -0.2) is 8.42 Å². The van der Waals surface area contributed by atoms with Gasteiger partial charge in [-0.1, -0.05) is 18.2 Å². The molecule has 0 bridgehead atoms. The van der Waals surface area contributed by atoms with E-state index in [9.17, 15) is 13.2 Å². The number of rotatable bonds is 8. The van der Waals surface area contributed by atoms with Crippen LogP contribution in [0.4, 0.5) is 5.69 Å². The Morgan fingerprint density at radius 3 is 2.44 bits per heavy atom. The molecular weight excluding hydrogens is 428 g/mol. The number of benzene rings is 2. The normalized spacial score (nSPS) is 19.4. The number of hydrogen-bond acceptors (Lipinski definition) is 5. The second-order valence-corrected chi connectivity index (χ2v) is 10.4. The summed E-state index contributed by atoms with van der Waals surface area (Å²) in [5.74, 6) is 1.70. The summed E-state index contributed by atoms with van der Waals surface area (Å²) in [5, 5.41) is 0. The number of nitrogens with zero attached hydrogens (tertiary/aromatic N) is 1. The molecule has 0 spiro atoms. The molecule has 8 heteroatoms. The highest BCUT2D eigenvalue weighted by atomic mass is 32.2. The summed E-state index contributed by atoms with van der Waals surface area (Å²) < 4.78 is 36.9. The first kappa shape index (κ1) is 22.5. The molecule has 4 rings (SSSR count). The molecule has 1 saturated heterocycles. The Morgan fingerprint density at radius 1 is 1.06 bits per heavy atom. The van der Waals surface area contributed by atoms with Crippen molar-refractivity contribution in [3.63, 3.8) is 0 Å². The lowest BCUT2D eigenvalue weighted by Crippen LogP contribution is -2.24. The number of likely N-dealkylation sites (tertiary alicyclic amines) is 1. The minimum absolute atomic E-state index is 0.102. The van der Waals surface area contributed by atoms with Crippen LogP contribution < -0.4 is 14.2 Å². The largest absolute Gasteiger partial charge is 0.493 e. The van der Waals surface area contributed by atoms with Crippen LogP contribution >= 0.6 is 0 Å². The van der Waals surface area contributed by atoms with Gasteiger partial charge in [0.05, 0.1) is 19.5 Å². The van der Waals surface area contributed by atoms with Gasteiger partial charge in [0.15, 0.2) is 11.5 Å². The van der Waals surface area contributed by atoms with Crippen molar-refractivity contribution >= 4 is 21.6 Å². The highest BCUT2D eigenvalue weighted by molar-refractivity contribution is 7.92. The number of nitrogens with one attached hydrogen (secondary N) is 1. The van der Waals surface area contributed by atoms with E-state index >= 15 is 0 Å². The lowest BCUT2D eigenvalue weighted by atomic mass is 9.98. The molecule has 32 heavy (non-hydrogen) atoms. The van der Waals surface area contributed by atoms with Gasteiger partial charge in [0.2, 0.25) is 15.9 Å². The molecule has 1 aliphatic carbocycles. The first-order valence-corrected chi connectivity index (χ1v) is 12.9. The summed E-state index contributed by atoms with van der Waals surface area (Å²) >= 11 is 0. The van der Waals surface area contributed by atoms with Gasteiger partial charge in [-0.2, -0.15) is 0 Å². The van der Waals surface area contributed by atoms with Gasteiger partial charge >= 0.3 is 0 Å². The number of hydrogen-bond donors (Lipinski definition) is 1. The summed E-state index contributed by atoms with van der Waals surface area (Å²) in [6.07, 6.45) is 6.36. The Morgan fingerprint density at radius 2 is 1.78 bits per heavy atom. The number of carbonyl (C=O) groups excluding carboxylic acids is 1. The molecule has 1 N–H and O–H groups in total. The van der Waals surface area contributed by atoms with E-state index in [1.807, 2.05) is 35.2 Å². The summed E-state index contributed by atoms with van der Waals surface area (Å²) in [6.45, 7) is 1.13. The van der Waals surface area contributed by atoms with Crippen molar-refractivity contribution in [3.8, 4) is 11.5 Å². The monoisotopic (exact) mass is 458 g/mol. The van der Waals surface area contributed by atoms with Crippen LogP contribution in [0.5, 0.6) is 11.5 Å². The van der Waals surface area contributed by atoms with Gasteiger partial charge in [0.25, 0.3) is 0 Å². The number of methoxy groups -OCH3 is 1. The Balaban J connectivity index is 1.43. The molecule has 1 atom stereocenters. The molecule has 1 heterocycles. The molecule has 2 aliphatic rings. The highest BCUT2D eigenvalue weighted by Crippen LogP contribution is 2.37. The van der Waals surface area contributed by atoms with Crippen molar-refractivity contribution < 1.29 is 22.7 Å². The molecule has 1 amide bonds. The van der Waals surface area contributed by atoms with E-state index in [-0.39, 0.29) is 17.9 Å². The van der Waals surface area contributed by atoms with Crippen LogP contribution in [-0.4, -0.2) is 45.2 Å². The fourth-order valence-electron chi connectivity index (χ4n) is 4.49. The van der Waals surface area contributed by atoms with Crippen LogP contribution in [0.15, 0.2) is 42.5 Å². The van der Waals surface area contributed by atoms with Crippen LogP contribution in [0.25, 0.3) is 0 Å². The first-order valence-electron chi connectivity index (χ1n) is 11.0. The van der Waals surface area contributed by atoms with Gasteiger partial charge in [0, 0.05) is 31.1 Å². The summed E-state index contributed by atoms with van der Waals surface area (Å²) in [5.41, 5.74) is 2.55. The molecule has 0 radical (unpaired) electrons. The van der Waals surface area contributed by atoms with Gasteiger partial charge < -0.3 is 14.4 Å². The average molecular weight is 459 g/mol. The minimum Gasteiger partial charge on any atom is -0.493 e. The first-order chi connectivity index (χ1) is 15.3. The standard InChI is InChI=1S/C24H30N2O5S/c1-30-22-12-9-18(13-23(22)31-21-5-3-4-6-21)19-14-24(27)26(16-19)15-17-7-10-20(11-8-17)25-32(2,28)29/h7-13,19,21,25H,3-6,14-16H2,1-2H3. The van der Waals surface area contributed by atoms with Crippen molar-refractivity contribution in [2.24, 2.45) is 0 Å². The SMILES string of the molecule is COc1ccc(C2CC(=O)N(Cc3ccc(NS(C)(=O)=O)cc3)C2)cc1OC1CCCC1. The number of amides is 1. The van der Waals surface area contributed by atoms with Gasteiger partial charge in [0.1, 0.15) is 0 Å². The maximum atomic E-state index is 12.7. The van der Waals surface area contributed by atoms with Gasteiger partial charge in [-0.05, 0) is 61.1 Å². The summed E-state index contributed by atoms with van der Waals surface area (Å²) in [6, 6.07) is 13.1. The van der Waals surface area contributed by atoms with Gasteiger partial charge in [-0.15, -0.1) is 0 Å². The van der Waals surface area contributed by atoms with Crippen LogP contribution in [0.1, 0.15) is 49.1 Å². The molecule has 2 aromatic rings. The van der Waals surface area contributed by atoms with E-state index in [0.717, 1.165) is 41.7 Å².